The van der Waals surface area contributed by atoms with Crippen LogP contribution in [0.2, 0.25) is 5.15 Å². The lowest BCUT2D eigenvalue weighted by Gasteiger charge is -2.05. The van der Waals surface area contributed by atoms with E-state index in [0.717, 1.165) is 11.3 Å². The maximum absolute atomic E-state index is 12.1. The van der Waals surface area contributed by atoms with Gasteiger partial charge in [0.1, 0.15) is 10.2 Å². The Morgan fingerprint density at radius 1 is 1.58 bits per heavy atom. The highest BCUT2D eigenvalue weighted by Crippen LogP contribution is 2.27. The number of rotatable bonds is 4. The van der Waals surface area contributed by atoms with Crippen LogP contribution in [0.25, 0.3) is 0 Å². The normalized spacial score (nSPS) is 11.5. The van der Waals surface area contributed by atoms with Gasteiger partial charge in [0.15, 0.2) is 0 Å². The molecule has 2 heterocycles. The Labute approximate surface area is 118 Å². The molecule has 0 aliphatic heterocycles. The quantitative estimate of drug-likeness (QED) is 0.877. The van der Waals surface area contributed by atoms with Crippen molar-refractivity contribution in [3.63, 3.8) is 0 Å². The second-order valence-electron chi connectivity index (χ2n) is 3.58. The van der Waals surface area contributed by atoms with Gasteiger partial charge in [-0.1, -0.05) is 11.6 Å². The average molecular weight is 321 g/mol. The summed E-state index contributed by atoms with van der Waals surface area (Å²) in [5.74, 6) is -0.717. The van der Waals surface area contributed by atoms with Gasteiger partial charge in [0.2, 0.25) is 5.03 Å². The van der Waals surface area contributed by atoms with Gasteiger partial charge in [-0.05, 0) is 11.4 Å². The number of anilines is 1. The average Bonchev–Trinajstić information content (AvgIpc) is 2.87. The van der Waals surface area contributed by atoms with Gasteiger partial charge in [0, 0.05) is 7.05 Å². The smallest absolute Gasteiger partial charge is 0.283 e. The number of nitrogens with zero attached hydrogens (tertiary/aromatic N) is 2. The number of carbonyl (C=O) groups is 1. The first-order valence-electron chi connectivity index (χ1n) is 4.90. The number of sulfonamides is 1. The summed E-state index contributed by atoms with van der Waals surface area (Å²) >= 11 is 6.87. The number of carbonyl (C=O) groups excluding carboxylic acids is 1. The number of hydrogen-bond donors (Lipinski definition) is 2. The Morgan fingerprint density at radius 2 is 2.26 bits per heavy atom. The largest absolute Gasteiger partial charge is 0.366 e. The van der Waals surface area contributed by atoms with Crippen LogP contribution in [0.5, 0.6) is 0 Å². The minimum atomic E-state index is -3.96. The van der Waals surface area contributed by atoms with E-state index in [1.165, 1.54) is 17.0 Å². The van der Waals surface area contributed by atoms with Crippen LogP contribution < -0.4 is 10.5 Å². The number of primary amides is 1. The van der Waals surface area contributed by atoms with E-state index in [4.69, 9.17) is 17.3 Å². The first-order chi connectivity index (χ1) is 8.83. The predicted molar refractivity (Wildman–Crippen MR) is 71.9 cm³/mol. The highest BCUT2D eigenvalue weighted by Gasteiger charge is 2.24. The number of thiophene rings is 1. The van der Waals surface area contributed by atoms with E-state index in [9.17, 15) is 13.2 Å². The molecule has 0 bridgehead atoms. The van der Waals surface area contributed by atoms with Gasteiger partial charge < -0.3 is 10.3 Å². The fraction of sp³-hybridized carbons (Fsp3) is 0.111. The molecule has 3 N–H and O–H groups in total. The van der Waals surface area contributed by atoms with E-state index in [0.29, 0.717) is 0 Å². The molecule has 19 heavy (non-hydrogen) atoms. The summed E-state index contributed by atoms with van der Waals surface area (Å²) in [5.41, 5.74) is 5.24. The minimum absolute atomic E-state index is 0.0234. The molecule has 0 atom stereocenters. The van der Waals surface area contributed by atoms with E-state index >= 15 is 0 Å². The molecule has 0 saturated carbocycles. The van der Waals surface area contributed by atoms with Crippen LogP contribution >= 0.6 is 22.9 Å². The molecular formula is C9H9ClN4O3S2. The van der Waals surface area contributed by atoms with Crippen molar-refractivity contribution in [2.45, 2.75) is 5.03 Å². The summed E-state index contributed by atoms with van der Waals surface area (Å²) in [6, 6.07) is 1.44. The molecule has 2 rings (SSSR count). The molecular weight excluding hydrogens is 312 g/mol. The van der Waals surface area contributed by atoms with Gasteiger partial charge in [-0.2, -0.15) is 8.42 Å². The summed E-state index contributed by atoms with van der Waals surface area (Å²) in [4.78, 5) is 14.8. The lowest BCUT2D eigenvalue weighted by molar-refractivity contribution is 0.100. The second kappa shape index (κ2) is 4.83. The second-order valence-corrected chi connectivity index (χ2v) is 6.46. The van der Waals surface area contributed by atoms with E-state index < -0.39 is 15.9 Å². The van der Waals surface area contributed by atoms with E-state index in [-0.39, 0.29) is 20.7 Å². The third kappa shape index (κ3) is 2.57. The first kappa shape index (κ1) is 13.8. The zero-order valence-electron chi connectivity index (χ0n) is 9.62. The number of imidazole rings is 1. The Hall–Kier alpha value is -1.58. The van der Waals surface area contributed by atoms with Crippen molar-refractivity contribution < 1.29 is 13.2 Å². The topological polar surface area (TPSA) is 107 Å². The minimum Gasteiger partial charge on any atom is -0.366 e. The van der Waals surface area contributed by atoms with Crippen molar-refractivity contribution >= 4 is 43.9 Å². The molecule has 7 nitrogen and oxygen atoms in total. The van der Waals surface area contributed by atoms with Crippen LogP contribution in [-0.2, 0) is 17.1 Å². The van der Waals surface area contributed by atoms with Gasteiger partial charge >= 0.3 is 0 Å². The van der Waals surface area contributed by atoms with E-state index in [1.54, 1.807) is 12.4 Å². The summed E-state index contributed by atoms with van der Waals surface area (Å²) < 4.78 is 27.8. The molecule has 1 amide bonds. The van der Waals surface area contributed by atoms with Crippen molar-refractivity contribution in [1.29, 1.82) is 0 Å². The fourth-order valence-corrected chi connectivity index (χ4v) is 3.88. The van der Waals surface area contributed by atoms with Crippen molar-refractivity contribution in [2.75, 3.05) is 4.72 Å². The number of halogens is 1. The molecule has 10 heteroatoms. The molecule has 0 fully saturated rings. The van der Waals surface area contributed by atoms with Crippen molar-refractivity contribution in [1.82, 2.24) is 9.55 Å². The number of nitrogens with one attached hydrogen (secondary N) is 1. The lowest BCUT2D eigenvalue weighted by Crippen LogP contribution is -2.17. The molecule has 2 aromatic rings. The molecule has 0 spiro atoms. The van der Waals surface area contributed by atoms with Crippen molar-refractivity contribution in [3.8, 4) is 0 Å². The SMILES string of the molecule is Cn1cnc(S(=O)(=O)Nc2sccc2C(N)=O)c1Cl. The highest BCUT2D eigenvalue weighted by molar-refractivity contribution is 7.93. The number of amides is 1. The maximum Gasteiger partial charge on any atom is 0.283 e. The standard InChI is InChI=1S/C9H9ClN4O3S2/c1-14-4-12-9(6(14)10)19(16,17)13-8-5(7(11)15)2-3-18-8/h2-4,13H,1H3,(H2,11,15). The molecule has 0 aliphatic carbocycles. The van der Waals surface area contributed by atoms with Crippen LogP contribution in [0.15, 0.2) is 22.8 Å². The summed E-state index contributed by atoms with van der Waals surface area (Å²) in [6.45, 7) is 0. The van der Waals surface area contributed by atoms with Crippen molar-refractivity contribution in [2.24, 2.45) is 12.8 Å². The van der Waals surface area contributed by atoms with Crippen LogP contribution in [0.4, 0.5) is 5.00 Å². The third-order valence-electron chi connectivity index (χ3n) is 2.25. The Kier molecular flexibility index (Phi) is 3.52. The summed E-state index contributed by atoms with van der Waals surface area (Å²) in [5, 5.41) is 1.36. The van der Waals surface area contributed by atoms with Crippen LogP contribution in [0, 0.1) is 0 Å². The molecule has 0 radical (unpaired) electrons. The maximum atomic E-state index is 12.1. The number of nitrogens with two attached hydrogens (primary N) is 1. The van der Waals surface area contributed by atoms with Gasteiger partial charge in [0.05, 0.1) is 11.9 Å². The number of aromatic nitrogens is 2. The zero-order chi connectivity index (χ0) is 14.2. The number of hydrogen-bond acceptors (Lipinski definition) is 5. The molecule has 0 unspecified atom stereocenters. The predicted octanol–water partition coefficient (Wildman–Crippen LogP) is 1.03. The van der Waals surface area contributed by atoms with Gasteiger partial charge in [-0.15, -0.1) is 11.3 Å². The molecule has 2 aromatic heterocycles. The first-order valence-corrected chi connectivity index (χ1v) is 7.64. The summed E-state index contributed by atoms with van der Waals surface area (Å²) in [6.07, 6.45) is 1.28. The molecule has 0 saturated heterocycles. The lowest BCUT2D eigenvalue weighted by atomic mass is 10.3. The Bertz CT molecular complexity index is 734. The third-order valence-corrected chi connectivity index (χ3v) is 5.04. The van der Waals surface area contributed by atoms with Crippen LogP contribution in [0.1, 0.15) is 10.4 Å². The molecule has 0 aromatic carbocycles. The molecule has 0 aliphatic rings. The van der Waals surface area contributed by atoms with Gasteiger partial charge in [-0.3, -0.25) is 9.52 Å². The number of aryl methyl sites for hydroxylation is 1. The Balaban J connectivity index is 2.40. The van der Waals surface area contributed by atoms with Crippen LogP contribution in [0.3, 0.4) is 0 Å². The van der Waals surface area contributed by atoms with E-state index in [2.05, 4.69) is 9.71 Å². The van der Waals surface area contributed by atoms with E-state index in [1.807, 2.05) is 0 Å². The van der Waals surface area contributed by atoms with Gasteiger partial charge in [-0.25, -0.2) is 4.98 Å². The summed E-state index contributed by atoms with van der Waals surface area (Å²) in [7, 11) is -2.40. The van der Waals surface area contributed by atoms with Crippen LogP contribution in [-0.4, -0.2) is 23.9 Å². The fourth-order valence-electron chi connectivity index (χ4n) is 1.33. The molecule has 102 valence electrons. The zero-order valence-corrected chi connectivity index (χ0v) is 12.0. The van der Waals surface area contributed by atoms with Crippen molar-refractivity contribution in [3.05, 3.63) is 28.5 Å². The monoisotopic (exact) mass is 320 g/mol. The highest BCUT2D eigenvalue weighted by atomic mass is 35.5. The Morgan fingerprint density at radius 3 is 2.79 bits per heavy atom. The van der Waals surface area contributed by atoms with Gasteiger partial charge in [0.25, 0.3) is 15.9 Å².